The van der Waals surface area contributed by atoms with Gasteiger partial charge in [-0.25, -0.2) is 4.98 Å². The Labute approximate surface area is 150 Å². The third-order valence-electron chi connectivity index (χ3n) is 4.44. The number of aliphatic carboxylic acids is 1. The van der Waals surface area contributed by atoms with E-state index in [1.807, 2.05) is 0 Å². The predicted octanol–water partition coefficient (Wildman–Crippen LogP) is 3.44. The van der Waals surface area contributed by atoms with Crippen molar-refractivity contribution < 1.29 is 19.1 Å². The Hall–Kier alpha value is -2.34. The monoisotopic (exact) mass is 362 g/mol. The quantitative estimate of drug-likeness (QED) is 0.821. The van der Waals surface area contributed by atoms with Crippen molar-refractivity contribution >= 4 is 23.5 Å². The van der Waals surface area contributed by atoms with Crippen LogP contribution in [0.15, 0.2) is 34.9 Å². The third kappa shape index (κ3) is 4.39. The number of hydrogen-bond acceptors (Lipinski definition) is 4. The van der Waals surface area contributed by atoms with E-state index in [-0.39, 0.29) is 18.7 Å². The fourth-order valence-electron chi connectivity index (χ4n) is 3.30. The number of carboxylic acid groups (broad SMARTS) is 1. The molecule has 1 amide bonds. The Morgan fingerprint density at radius 2 is 1.92 bits per heavy atom. The number of carboxylic acids is 1. The van der Waals surface area contributed by atoms with E-state index >= 15 is 0 Å². The summed E-state index contributed by atoms with van der Waals surface area (Å²) in [6.45, 7) is 0. The van der Waals surface area contributed by atoms with Crippen molar-refractivity contribution in [3.05, 3.63) is 41.2 Å². The largest absolute Gasteiger partial charge is 0.481 e. The molecule has 25 heavy (non-hydrogen) atoms. The predicted molar refractivity (Wildman–Crippen MR) is 92.2 cm³/mol. The van der Waals surface area contributed by atoms with Crippen LogP contribution < -0.4 is 5.32 Å². The first-order valence-corrected chi connectivity index (χ1v) is 8.57. The molecular weight excluding hydrogens is 344 g/mol. The van der Waals surface area contributed by atoms with Crippen molar-refractivity contribution in [1.29, 1.82) is 0 Å². The van der Waals surface area contributed by atoms with Crippen LogP contribution in [-0.4, -0.2) is 27.5 Å². The summed E-state index contributed by atoms with van der Waals surface area (Å²) in [7, 11) is 0. The van der Waals surface area contributed by atoms with Gasteiger partial charge in [-0.2, -0.15) is 0 Å². The van der Waals surface area contributed by atoms with E-state index in [4.69, 9.17) is 21.1 Å². The van der Waals surface area contributed by atoms with Crippen LogP contribution in [0.3, 0.4) is 0 Å². The van der Waals surface area contributed by atoms with Gasteiger partial charge in [0.1, 0.15) is 6.26 Å². The number of carbonyl (C=O) groups excluding carboxylic acids is 1. The van der Waals surface area contributed by atoms with Gasteiger partial charge < -0.3 is 14.8 Å². The number of halogens is 1. The number of benzene rings is 1. The molecule has 2 N–H and O–H groups in total. The van der Waals surface area contributed by atoms with E-state index in [1.165, 1.54) is 6.26 Å². The first kappa shape index (κ1) is 17.5. The minimum Gasteiger partial charge on any atom is -0.481 e. The van der Waals surface area contributed by atoms with Crippen LogP contribution in [0, 0.1) is 0 Å². The summed E-state index contributed by atoms with van der Waals surface area (Å²) < 4.78 is 5.42. The third-order valence-corrected chi connectivity index (χ3v) is 4.69. The zero-order chi connectivity index (χ0) is 17.9. The summed E-state index contributed by atoms with van der Waals surface area (Å²) in [5.74, 6) is -0.714. The average Bonchev–Trinajstić information content (AvgIpc) is 3.17. The van der Waals surface area contributed by atoms with Crippen molar-refractivity contribution in [2.75, 3.05) is 0 Å². The molecule has 0 saturated heterocycles. The summed E-state index contributed by atoms with van der Waals surface area (Å²) in [5.41, 5.74) is 0.645. The van der Waals surface area contributed by atoms with Crippen LogP contribution >= 0.6 is 11.6 Å². The molecule has 1 aliphatic rings. The fourth-order valence-corrected chi connectivity index (χ4v) is 3.43. The van der Waals surface area contributed by atoms with Gasteiger partial charge in [-0.1, -0.05) is 24.4 Å². The molecular formula is C18H19ClN2O4. The van der Waals surface area contributed by atoms with E-state index in [9.17, 15) is 9.59 Å². The van der Waals surface area contributed by atoms with Crippen LogP contribution in [0.5, 0.6) is 0 Å². The SMILES string of the molecule is O=C(O)CC1(NC(=O)Cc2coc(-c3ccc(Cl)cc3)n2)CCCC1. The van der Waals surface area contributed by atoms with Gasteiger partial charge >= 0.3 is 5.97 Å². The molecule has 0 radical (unpaired) electrons. The lowest BCUT2D eigenvalue weighted by atomic mass is 9.93. The second kappa shape index (κ2) is 7.27. The Morgan fingerprint density at radius 1 is 1.24 bits per heavy atom. The van der Waals surface area contributed by atoms with Crippen LogP contribution in [0.25, 0.3) is 11.5 Å². The smallest absolute Gasteiger partial charge is 0.305 e. The molecule has 1 aromatic heterocycles. The zero-order valence-corrected chi connectivity index (χ0v) is 14.4. The molecule has 6 nitrogen and oxygen atoms in total. The highest BCUT2D eigenvalue weighted by molar-refractivity contribution is 6.30. The molecule has 0 atom stereocenters. The van der Waals surface area contributed by atoms with E-state index in [0.29, 0.717) is 29.4 Å². The van der Waals surface area contributed by atoms with Crippen LogP contribution in [0.2, 0.25) is 5.02 Å². The van der Waals surface area contributed by atoms with Gasteiger partial charge in [0.25, 0.3) is 0 Å². The van der Waals surface area contributed by atoms with Crippen LogP contribution in [-0.2, 0) is 16.0 Å². The Morgan fingerprint density at radius 3 is 2.56 bits per heavy atom. The molecule has 1 fully saturated rings. The minimum atomic E-state index is -0.895. The minimum absolute atomic E-state index is 0.0480. The summed E-state index contributed by atoms with van der Waals surface area (Å²) >= 11 is 5.86. The van der Waals surface area contributed by atoms with Gasteiger partial charge in [-0.05, 0) is 37.1 Å². The number of nitrogens with one attached hydrogen (secondary N) is 1. The molecule has 3 rings (SSSR count). The van der Waals surface area contributed by atoms with E-state index in [0.717, 1.165) is 18.4 Å². The maximum atomic E-state index is 12.3. The van der Waals surface area contributed by atoms with Crippen molar-refractivity contribution in [3.8, 4) is 11.5 Å². The van der Waals surface area contributed by atoms with Gasteiger partial charge in [-0.15, -0.1) is 0 Å². The van der Waals surface area contributed by atoms with Crippen molar-refractivity contribution in [2.24, 2.45) is 0 Å². The van der Waals surface area contributed by atoms with Gasteiger partial charge in [-0.3, -0.25) is 9.59 Å². The van der Waals surface area contributed by atoms with Gasteiger partial charge in [0.15, 0.2) is 0 Å². The summed E-state index contributed by atoms with van der Waals surface area (Å²) in [5, 5.41) is 12.6. The maximum Gasteiger partial charge on any atom is 0.305 e. The second-order valence-electron chi connectivity index (χ2n) is 6.43. The fraction of sp³-hybridized carbons (Fsp3) is 0.389. The zero-order valence-electron chi connectivity index (χ0n) is 13.6. The summed E-state index contributed by atoms with van der Waals surface area (Å²) in [6.07, 6.45) is 4.70. The molecule has 1 heterocycles. The lowest BCUT2D eigenvalue weighted by molar-refractivity contribution is -0.139. The molecule has 132 valence electrons. The average molecular weight is 363 g/mol. The molecule has 2 aromatic rings. The normalized spacial score (nSPS) is 15.9. The molecule has 7 heteroatoms. The lowest BCUT2D eigenvalue weighted by Crippen LogP contribution is -2.48. The first-order valence-electron chi connectivity index (χ1n) is 8.19. The van der Waals surface area contributed by atoms with Crippen LogP contribution in [0.1, 0.15) is 37.8 Å². The highest BCUT2D eigenvalue weighted by atomic mass is 35.5. The highest BCUT2D eigenvalue weighted by Gasteiger charge is 2.37. The molecule has 0 unspecified atom stereocenters. The highest BCUT2D eigenvalue weighted by Crippen LogP contribution is 2.32. The standard InChI is InChI=1S/C18H19ClN2O4/c19-13-5-3-12(4-6-13)17-20-14(11-25-17)9-15(22)21-18(10-16(23)24)7-1-2-8-18/h3-6,11H,1-2,7-10H2,(H,21,22)(H,23,24). The number of carbonyl (C=O) groups is 2. The van der Waals surface area contributed by atoms with Gasteiger partial charge in [0, 0.05) is 10.6 Å². The second-order valence-corrected chi connectivity index (χ2v) is 6.87. The number of rotatable bonds is 6. The Kier molecular flexibility index (Phi) is 5.08. The molecule has 0 aliphatic heterocycles. The van der Waals surface area contributed by atoms with E-state index in [1.54, 1.807) is 24.3 Å². The van der Waals surface area contributed by atoms with Crippen molar-refractivity contribution in [3.63, 3.8) is 0 Å². The van der Waals surface area contributed by atoms with Crippen molar-refractivity contribution in [1.82, 2.24) is 10.3 Å². The number of aromatic nitrogens is 1. The summed E-state index contributed by atoms with van der Waals surface area (Å²) in [4.78, 5) is 27.8. The Balaban J connectivity index is 1.65. The van der Waals surface area contributed by atoms with Crippen molar-refractivity contribution in [2.45, 2.75) is 44.1 Å². The molecule has 1 saturated carbocycles. The molecule has 1 aromatic carbocycles. The molecule has 1 aliphatic carbocycles. The Bertz CT molecular complexity index is 764. The van der Waals surface area contributed by atoms with Gasteiger partial charge in [0.2, 0.25) is 11.8 Å². The number of amides is 1. The topological polar surface area (TPSA) is 92.4 Å². The number of hydrogen-bond donors (Lipinski definition) is 2. The first-order chi connectivity index (χ1) is 12.0. The van der Waals surface area contributed by atoms with Crippen LogP contribution in [0.4, 0.5) is 0 Å². The maximum absolute atomic E-state index is 12.3. The molecule has 0 bridgehead atoms. The summed E-state index contributed by atoms with van der Waals surface area (Å²) in [6, 6.07) is 7.06. The van der Waals surface area contributed by atoms with Gasteiger partial charge in [0.05, 0.1) is 24.1 Å². The molecule has 0 spiro atoms. The number of nitrogens with zero attached hydrogens (tertiary/aromatic N) is 1. The number of oxazole rings is 1. The van der Waals surface area contributed by atoms with E-state index < -0.39 is 11.5 Å². The lowest BCUT2D eigenvalue weighted by Gasteiger charge is -2.28. The van der Waals surface area contributed by atoms with E-state index in [2.05, 4.69) is 10.3 Å².